The number of halogens is 2. The molecule has 2 saturated heterocycles. The lowest BCUT2D eigenvalue weighted by atomic mass is 9.63. The molecule has 0 saturated carbocycles. The zero-order valence-electron chi connectivity index (χ0n) is 41.2. The maximum absolute atomic E-state index is 14.1. The summed E-state index contributed by atoms with van der Waals surface area (Å²) in [6.07, 6.45) is 6.87. The van der Waals surface area contributed by atoms with E-state index in [2.05, 4.69) is 25.2 Å². The summed E-state index contributed by atoms with van der Waals surface area (Å²) in [7, 11) is 0. The van der Waals surface area contributed by atoms with Crippen LogP contribution in [0.4, 0.5) is 14.5 Å². The van der Waals surface area contributed by atoms with Gasteiger partial charge in [-0.15, -0.1) is 0 Å². The molecule has 4 aliphatic rings. The second-order valence-corrected chi connectivity index (χ2v) is 20.3. The molecular formula is C56H66F2N2O10. The number of β-lactam (4-membered cyclic amide) rings is 1. The lowest BCUT2D eigenvalue weighted by molar-refractivity contribution is -0.165. The van der Waals surface area contributed by atoms with Crippen molar-refractivity contribution in [2.45, 2.75) is 131 Å². The Morgan fingerprint density at radius 3 is 2.20 bits per heavy atom. The van der Waals surface area contributed by atoms with Crippen molar-refractivity contribution in [2.75, 3.05) is 11.4 Å². The van der Waals surface area contributed by atoms with E-state index in [4.69, 9.17) is 18.9 Å². The van der Waals surface area contributed by atoms with Gasteiger partial charge in [-0.1, -0.05) is 64.1 Å². The number of nitrogens with zero attached hydrogens (tertiary/aromatic N) is 1. The highest BCUT2D eigenvalue weighted by atomic mass is 19.1. The van der Waals surface area contributed by atoms with Crippen molar-refractivity contribution in [1.82, 2.24) is 5.32 Å². The van der Waals surface area contributed by atoms with Gasteiger partial charge >= 0.3 is 23.9 Å². The van der Waals surface area contributed by atoms with Gasteiger partial charge in [0.05, 0.1) is 23.8 Å². The van der Waals surface area contributed by atoms with Gasteiger partial charge in [0.25, 0.3) is 0 Å². The minimum atomic E-state index is -0.712. The number of allylic oxidation sites excluding steroid dienone is 2. The number of fused-ring (bicyclic) bond motifs is 1. The predicted molar refractivity (Wildman–Crippen MR) is 258 cm³/mol. The Balaban J connectivity index is 1.02. The summed E-state index contributed by atoms with van der Waals surface area (Å²) in [6, 6.07) is 17.6. The van der Waals surface area contributed by atoms with E-state index in [9.17, 15) is 37.5 Å². The molecule has 2 amide bonds. The van der Waals surface area contributed by atoms with Crippen molar-refractivity contribution in [3.63, 3.8) is 0 Å². The highest BCUT2D eigenvalue weighted by Crippen LogP contribution is 2.49. The highest BCUT2D eigenvalue weighted by molar-refractivity contribution is 6.03. The Labute approximate surface area is 409 Å². The molecule has 7 rings (SSSR count). The number of anilines is 1. The minimum Gasteiger partial charge on any atom is -0.462 e. The van der Waals surface area contributed by atoms with E-state index in [1.165, 1.54) is 43.3 Å². The third-order valence-electron chi connectivity index (χ3n) is 14.8. The van der Waals surface area contributed by atoms with E-state index in [0.29, 0.717) is 55.3 Å². The van der Waals surface area contributed by atoms with Gasteiger partial charge in [-0.05, 0) is 148 Å². The number of hydrogen-bond acceptors (Lipinski definition) is 10. The van der Waals surface area contributed by atoms with E-state index in [1.807, 2.05) is 33.8 Å². The van der Waals surface area contributed by atoms with Gasteiger partial charge in [0, 0.05) is 37.1 Å². The fraction of sp³-hybridized carbons (Fsp3) is 0.500. The van der Waals surface area contributed by atoms with Gasteiger partial charge in [-0.3, -0.25) is 28.8 Å². The summed E-state index contributed by atoms with van der Waals surface area (Å²) in [5.41, 5.74) is 2.57. The van der Waals surface area contributed by atoms with Crippen LogP contribution in [0.1, 0.15) is 130 Å². The Bertz CT molecular complexity index is 2470. The zero-order valence-corrected chi connectivity index (χ0v) is 41.2. The van der Waals surface area contributed by atoms with Gasteiger partial charge in [0.1, 0.15) is 35.7 Å². The van der Waals surface area contributed by atoms with Crippen LogP contribution >= 0.6 is 0 Å². The molecule has 1 N–H and O–H groups in total. The first kappa shape index (κ1) is 51.7. The number of hydrogen-bond donors (Lipinski definition) is 1. The molecule has 3 aromatic carbocycles. The van der Waals surface area contributed by atoms with Crippen molar-refractivity contribution in [2.24, 2.45) is 40.9 Å². The molecule has 0 bridgehead atoms. The maximum Gasteiger partial charge on any atom is 0.312 e. The van der Waals surface area contributed by atoms with Crippen LogP contribution in [-0.2, 0) is 43.0 Å². The zero-order chi connectivity index (χ0) is 50.4. The largest absolute Gasteiger partial charge is 0.462 e. The second-order valence-electron chi connectivity index (χ2n) is 20.3. The average molecular weight is 965 g/mol. The third-order valence-corrected chi connectivity index (χ3v) is 14.8. The van der Waals surface area contributed by atoms with E-state index in [1.54, 1.807) is 41.3 Å². The molecule has 2 fully saturated rings. The first-order valence-corrected chi connectivity index (χ1v) is 24.8. The van der Waals surface area contributed by atoms with Gasteiger partial charge in [0.15, 0.2) is 0 Å². The quantitative estimate of drug-likeness (QED) is 0.0564. The molecule has 2 aliphatic heterocycles. The van der Waals surface area contributed by atoms with Crippen molar-refractivity contribution >= 4 is 41.4 Å². The molecule has 10 atom stereocenters. The summed E-state index contributed by atoms with van der Waals surface area (Å²) in [6.45, 7) is 13.2. The van der Waals surface area contributed by atoms with Crippen LogP contribution in [-0.4, -0.2) is 54.4 Å². The Hall–Kier alpha value is -6.18. The summed E-state index contributed by atoms with van der Waals surface area (Å²) in [4.78, 5) is 80.6. The number of rotatable bonds is 18. The first-order chi connectivity index (χ1) is 33.3. The molecule has 10 unspecified atom stereocenters. The fourth-order valence-electron chi connectivity index (χ4n) is 10.6. The Kier molecular flexibility index (Phi) is 16.4. The molecule has 0 radical (unpaired) electrons. The van der Waals surface area contributed by atoms with Gasteiger partial charge < -0.3 is 29.2 Å². The third kappa shape index (κ3) is 12.0. The van der Waals surface area contributed by atoms with Crippen LogP contribution in [0.15, 0.2) is 96.1 Å². The predicted octanol–water partition coefficient (Wildman–Crippen LogP) is 10.4. The van der Waals surface area contributed by atoms with E-state index in [0.717, 1.165) is 17.6 Å². The SMILES string of the molecule is CCC(C)(C)C(=O)OC1CC(C)C(C(=O)NCCC(=O)Oc2ccc(C3C(CCC(OC(C)=O)c4ccc(F)cc4)C(=O)N3c3ccc(F)cc3)cc2)=C2C=CC(C)C(CCC3CC(C)CC(=O)O3)C21. The lowest BCUT2D eigenvalue weighted by Crippen LogP contribution is -2.55. The number of amides is 2. The van der Waals surface area contributed by atoms with Crippen LogP contribution in [0.3, 0.4) is 0 Å². The highest BCUT2D eigenvalue weighted by Gasteiger charge is 2.49. The Morgan fingerprint density at radius 1 is 0.886 bits per heavy atom. The average Bonchev–Trinajstić information content (AvgIpc) is 3.30. The maximum atomic E-state index is 14.1. The number of esters is 4. The molecule has 70 heavy (non-hydrogen) atoms. The molecule has 12 nitrogen and oxygen atoms in total. The number of benzene rings is 3. The van der Waals surface area contributed by atoms with Crippen molar-refractivity contribution < 1.29 is 56.5 Å². The van der Waals surface area contributed by atoms with Crippen molar-refractivity contribution in [1.29, 1.82) is 0 Å². The number of nitrogens with one attached hydrogen (secondary N) is 1. The molecule has 0 spiro atoms. The first-order valence-electron chi connectivity index (χ1n) is 24.8. The number of carbonyl (C=O) groups is 6. The summed E-state index contributed by atoms with van der Waals surface area (Å²) in [5.74, 6) is -3.36. The lowest BCUT2D eigenvalue weighted by Gasteiger charge is -2.48. The minimum absolute atomic E-state index is 0.00650. The van der Waals surface area contributed by atoms with E-state index in [-0.39, 0.29) is 84.6 Å². The smallest absolute Gasteiger partial charge is 0.312 e. The monoisotopic (exact) mass is 964 g/mol. The summed E-state index contributed by atoms with van der Waals surface area (Å²) < 4.78 is 51.0. The number of carbonyl (C=O) groups excluding carboxylic acids is 6. The van der Waals surface area contributed by atoms with Crippen molar-refractivity contribution in [3.8, 4) is 5.75 Å². The number of cyclic esters (lactones) is 1. The van der Waals surface area contributed by atoms with Crippen LogP contribution in [0.2, 0.25) is 0 Å². The standard InChI is InChI=1S/C56H66F2N2O10/c1-8-56(6,7)55(66)70-47-31-34(4)50(44-23-9-33(3)43(51(44)47)24-22-42-29-32(2)30-49(63)69-42)53(64)59-28-27-48(62)68-41-20-12-37(13-21-41)52-45(54(65)60(52)40-18-16-39(58)17-19-40)25-26-46(67-35(5)61)36-10-14-38(57)15-11-36/h9-21,23,32-34,42-43,45-47,51-52H,8,22,24-31H2,1-7H3,(H,59,64). The number of ether oxygens (including phenoxy) is 4. The van der Waals surface area contributed by atoms with Gasteiger partial charge in [0.2, 0.25) is 11.8 Å². The molecule has 374 valence electrons. The van der Waals surface area contributed by atoms with Crippen LogP contribution in [0.25, 0.3) is 0 Å². The molecular weight excluding hydrogens is 899 g/mol. The van der Waals surface area contributed by atoms with Gasteiger partial charge in [-0.2, -0.15) is 0 Å². The topological polar surface area (TPSA) is 155 Å². The fourth-order valence-corrected chi connectivity index (χ4v) is 10.6. The normalized spacial score (nSPS) is 25.8. The van der Waals surface area contributed by atoms with E-state index < -0.39 is 53.2 Å². The molecule has 14 heteroatoms. The van der Waals surface area contributed by atoms with Gasteiger partial charge in [-0.25, -0.2) is 8.78 Å². The molecule has 2 aliphatic carbocycles. The summed E-state index contributed by atoms with van der Waals surface area (Å²) >= 11 is 0. The second kappa shape index (κ2) is 22.3. The van der Waals surface area contributed by atoms with Crippen LogP contribution < -0.4 is 15.0 Å². The van der Waals surface area contributed by atoms with Crippen molar-refractivity contribution in [3.05, 3.63) is 119 Å². The van der Waals surface area contributed by atoms with Crippen LogP contribution in [0.5, 0.6) is 5.75 Å². The summed E-state index contributed by atoms with van der Waals surface area (Å²) in [5, 5.41) is 2.95. The molecule has 3 aromatic rings. The Morgan fingerprint density at radius 2 is 1.56 bits per heavy atom. The van der Waals surface area contributed by atoms with E-state index >= 15 is 0 Å². The van der Waals surface area contributed by atoms with Crippen LogP contribution in [0, 0.1) is 52.6 Å². The molecule has 2 heterocycles. The molecule has 0 aromatic heterocycles.